The highest BCUT2D eigenvalue weighted by Gasteiger charge is 2.30. The minimum absolute atomic E-state index is 0.385. The first-order valence-electron chi connectivity index (χ1n) is 9.47. The summed E-state index contributed by atoms with van der Waals surface area (Å²) in [6.45, 7) is 1.84. The van der Waals surface area contributed by atoms with E-state index >= 15 is 0 Å². The molecular weight excluding hydrogens is 288 g/mol. The summed E-state index contributed by atoms with van der Waals surface area (Å²) in [5, 5.41) is 7.43. The Kier molecular flexibility index (Phi) is 4.36. The van der Waals surface area contributed by atoms with E-state index in [0.29, 0.717) is 23.7 Å². The van der Waals surface area contributed by atoms with E-state index in [4.69, 9.17) is 0 Å². The number of aromatic amines is 1. The Bertz CT molecular complexity index is 545. The van der Waals surface area contributed by atoms with Gasteiger partial charge in [0.1, 0.15) is 5.82 Å². The van der Waals surface area contributed by atoms with E-state index in [1.54, 1.807) is 0 Å². The summed E-state index contributed by atoms with van der Waals surface area (Å²) in [6.07, 6.45) is 11.8. The molecule has 3 aliphatic rings. The summed E-state index contributed by atoms with van der Waals surface area (Å²) in [7, 11) is 0. The molecule has 3 fully saturated rings. The van der Waals surface area contributed by atoms with Gasteiger partial charge < -0.3 is 4.90 Å². The third-order valence-electron chi connectivity index (χ3n) is 5.80. The monoisotopic (exact) mass is 316 g/mol. The Balaban J connectivity index is 1.25. The quantitative estimate of drug-likeness (QED) is 0.908. The molecule has 1 N–H and O–H groups in total. The third-order valence-corrected chi connectivity index (χ3v) is 5.80. The molecule has 23 heavy (non-hydrogen) atoms. The van der Waals surface area contributed by atoms with E-state index in [2.05, 4.69) is 20.1 Å². The second-order valence-corrected chi connectivity index (χ2v) is 7.82. The van der Waals surface area contributed by atoms with E-state index in [-0.39, 0.29) is 0 Å². The Labute approximate surface area is 138 Å². The molecule has 0 bridgehead atoms. The standard InChI is InChI=1S/C18H28N4O/c23-17(11-13-4-2-1-3-5-13)22-9-8-14(12-22)10-16-19-18(21-20-16)15-6-7-15/h13-15H,1-12H2,(H,19,20,21)/t14-/m1/s1. The van der Waals surface area contributed by atoms with Crippen LogP contribution in [0.25, 0.3) is 0 Å². The first kappa shape index (κ1) is 15.2. The molecule has 5 heteroatoms. The van der Waals surface area contributed by atoms with Gasteiger partial charge in [-0.15, -0.1) is 0 Å². The average Bonchev–Trinajstić information content (AvgIpc) is 3.13. The van der Waals surface area contributed by atoms with Crippen molar-refractivity contribution in [1.29, 1.82) is 0 Å². The molecule has 1 amide bonds. The number of aromatic nitrogens is 3. The zero-order valence-electron chi connectivity index (χ0n) is 14.0. The van der Waals surface area contributed by atoms with Crippen LogP contribution in [0.15, 0.2) is 0 Å². The second kappa shape index (κ2) is 6.62. The Morgan fingerprint density at radius 3 is 2.70 bits per heavy atom. The molecule has 0 radical (unpaired) electrons. The molecule has 0 unspecified atom stereocenters. The minimum atomic E-state index is 0.385. The average molecular weight is 316 g/mol. The summed E-state index contributed by atoms with van der Waals surface area (Å²) in [4.78, 5) is 19.2. The van der Waals surface area contributed by atoms with Crippen LogP contribution in [0.2, 0.25) is 0 Å². The summed E-state index contributed by atoms with van der Waals surface area (Å²) in [5.41, 5.74) is 0. The molecule has 1 atom stereocenters. The van der Waals surface area contributed by atoms with Gasteiger partial charge in [0.2, 0.25) is 5.91 Å². The number of likely N-dealkylation sites (tertiary alicyclic amines) is 1. The Morgan fingerprint density at radius 1 is 1.09 bits per heavy atom. The van der Waals surface area contributed by atoms with Crippen molar-refractivity contribution in [3.05, 3.63) is 11.6 Å². The van der Waals surface area contributed by atoms with Crippen molar-refractivity contribution in [2.24, 2.45) is 11.8 Å². The number of carbonyl (C=O) groups is 1. The number of hydrogen-bond donors (Lipinski definition) is 1. The number of nitrogens with one attached hydrogen (secondary N) is 1. The third kappa shape index (κ3) is 3.75. The molecule has 4 rings (SSSR count). The van der Waals surface area contributed by atoms with Gasteiger partial charge >= 0.3 is 0 Å². The van der Waals surface area contributed by atoms with E-state index < -0.39 is 0 Å². The molecule has 1 saturated heterocycles. The molecule has 1 aromatic rings. The van der Waals surface area contributed by atoms with Crippen molar-refractivity contribution in [3.63, 3.8) is 0 Å². The Hall–Kier alpha value is -1.39. The lowest BCUT2D eigenvalue weighted by Crippen LogP contribution is -2.31. The van der Waals surface area contributed by atoms with Gasteiger partial charge in [0.15, 0.2) is 5.82 Å². The largest absolute Gasteiger partial charge is 0.342 e. The molecule has 1 aliphatic heterocycles. The maximum atomic E-state index is 12.5. The SMILES string of the molecule is O=C(CC1CCCCC1)N1CC[C@H](Cc2nc(C3CC3)n[nH]2)C1. The predicted molar refractivity (Wildman–Crippen MR) is 87.9 cm³/mol. The predicted octanol–water partition coefficient (Wildman–Crippen LogP) is 3.04. The van der Waals surface area contributed by atoms with Gasteiger partial charge in [-0.3, -0.25) is 9.89 Å². The van der Waals surface area contributed by atoms with Crippen LogP contribution in [0.5, 0.6) is 0 Å². The van der Waals surface area contributed by atoms with Crippen LogP contribution < -0.4 is 0 Å². The molecule has 126 valence electrons. The number of amides is 1. The molecule has 2 saturated carbocycles. The fraction of sp³-hybridized carbons (Fsp3) is 0.833. The van der Waals surface area contributed by atoms with E-state index in [9.17, 15) is 4.79 Å². The van der Waals surface area contributed by atoms with Crippen molar-refractivity contribution >= 4 is 5.91 Å². The van der Waals surface area contributed by atoms with Crippen molar-refractivity contribution in [2.75, 3.05) is 13.1 Å². The number of hydrogen-bond acceptors (Lipinski definition) is 3. The van der Waals surface area contributed by atoms with Crippen LogP contribution in [-0.4, -0.2) is 39.1 Å². The van der Waals surface area contributed by atoms with E-state index in [1.807, 2.05) is 0 Å². The van der Waals surface area contributed by atoms with Gasteiger partial charge in [-0.25, -0.2) is 4.98 Å². The molecule has 2 heterocycles. The maximum absolute atomic E-state index is 12.5. The van der Waals surface area contributed by atoms with Crippen LogP contribution in [-0.2, 0) is 11.2 Å². The lowest BCUT2D eigenvalue weighted by molar-refractivity contribution is -0.131. The Morgan fingerprint density at radius 2 is 1.91 bits per heavy atom. The molecule has 0 spiro atoms. The van der Waals surface area contributed by atoms with Crippen molar-refractivity contribution < 1.29 is 4.79 Å². The fourth-order valence-corrected chi connectivity index (χ4v) is 4.19. The zero-order valence-corrected chi connectivity index (χ0v) is 14.0. The van der Waals surface area contributed by atoms with Gasteiger partial charge in [-0.1, -0.05) is 19.3 Å². The van der Waals surface area contributed by atoms with Gasteiger partial charge in [0, 0.05) is 31.8 Å². The topological polar surface area (TPSA) is 61.9 Å². The highest BCUT2D eigenvalue weighted by molar-refractivity contribution is 5.76. The highest BCUT2D eigenvalue weighted by Crippen LogP contribution is 2.38. The zero-order chi connectivity index (χ0) is 15.6. The van der Waals surface area contributed by atoms with Gasteiger partial charge in [-0.2, -0.15) is 5.10 Å². The fourth-order valence-electron chi connectivity index (χ4n) is 4.19. The van der Waals surface area contributed by atoms with Crippen molar-refractivity contribution in [2.45, 2.75) is 70.1 Å². The maximum Gasteiger partial charge on any atom is 0.222 e. The molecule has 2 aliphatic carbocycles. The van der Waals surface area contributed by atoms with E-state index in [1.165, 1.54) is 44.9 Å². The van der Waals surface area contributed by atoms with Gasteiger partial charge in [0.05, 0.1) is 0 Å². The number of rotatable bonds is 5. The van der Waals surface area contributed by atoms with E-state index in [0.717, 1.165) is 44.0 Å². The van der Waals surface area contributed by atoms with Crippen LogP contribution in [0.4, 0.5) is 0 Å². The number of H-pyrrole nitrogens is 1. The molecule has 5 nitrogen and oxygen atoms in total. The van der Waals surface area contributed by atoms with Crippen LogP contribution in [0.1, 0.15) is 75.4 Å². The summed E-state index contributed by atoms with van der Waals surface area (Å²) < 4.78 is 0. The smallest absolute Gasteiger partial charge is 0.222 e. The summed E-state index contributed by atoms with van der Waals surface area (Å²) >= 11 is 0. The lowest BCUT2D eigenvalue weighted by atomic mass is 9.87. The summed E-state index contributed by atoms with van der Waals surface area (Å²) in [6, 6.07) is 0. The second-order valence-electron chi connectivity index (χ2n) is 7.82. The highest BCUT2D eigenvalue weighted by atomic mass is 16.2. The first-order valence-corrected chi connectivity index (χ1v) is 9.47. The number of nitrogens with zero attached hydrogens (tertiary/aromatic N) is 3. The van der Waals surface area contributed by atoms with Crippen LogP contribution in [0, 0.1) is 11.8 Å². The lowest BCUT2D eigenvalue weighted by Gasteiger charge is -2.24. The number of carbonyl (C=O) groups excluding carboxylic acids is 1. The van der Waals surface area contributed by atoms with Crippen LogP contribution in [0.3, 0.4) is 0 Å². The minimum Gasteiger partial charge on any atom is -0.342 e. The van der Waals surface area contributed by atoms with Gasteiger partial charge in [0.25, 0.3) is 0 Å². The molecule has 0 aromatic carbocycles. The summed E-state index contributed by atoms with van der Waals surface area (Å²) in [5.74, 6) is 4.20. The van der Waals surface area contributed by atoms with Gasteiger partial charge in [-0.05, 0) is 43.9 Å². The molecule has 1 aromatic heterocycles. The normalized spacial score (nSPS) is 25.9. The van der Waals surface area contributed by atoms with Crippen LogP contribution >= 0.6 is 0 Å². The van der Waals surface area contributed by atoms with Crippen molar-refractivity contribution in [1.82, 2.24) is 20.1 Å². The molecular formula is C18H28N4O. The first-order chi connectivity index (χ1) is 11.3. The van der Waals surface area contributed by atoms with Crippen molar-refractivity contribution in [3.8, 4) is 0 Å².